The highest BCUT2D eigenvalue weighted by Crippen LogP contribution is 2.19. The van der Waals surface area contributed by atoms with E-state index in [1.807, 2.05) is 0 Å². The first-order valence-corrected chi connectivity index (χ1v) is 5.09. The molecule has 0 aliphatic rings. The van der Waals surface area contributed by atoms with Gasteiger partial charge in [0.25, 0.3) is 5.69 Å². The van der Waals surface area contributed by atoms with E-state index < -0.39 is 4.92 Å². The van der Waals surface area contributed by atoms with Crippen LogP contribution in [0.25, 0.3) is 0 Å². The summed E-state index contributed by atoms with van der Waals surface area (Å²) < 4.78 is 0. The Labute approximate surface area is 102 Å². The zero-order valence-corrected chi connectivity index (χ0v) is 9.24. The quantitative estimate of drug-likeness (QED) is 0.503. The third-order valence-electron chi connectivity index (χ3n) is 2.40. The number of anilines is 1. The number of carbonyl (C=O) groups is 1. The average molecular weight is 243 g/mol. The number of nitrogens with zero attached hydrogens (tertiary/aromatic N) is 2. The largest absolute Gasteiger partial charge is 0.383 e. The van der Waals surface area contributed by atoms with Gasteiger partial charge in [-0.1, -0.05) is 30.3 Å². The molecule has 0 bridgehead atoms. The number of nitrogens with two attached hydrogens (primary N) is 1. The molecular formula is C12H9N3O3. The number of carbonyl (C=O) groups excluding carboxylic acids is 1. The lowest BCUT2D eigenvalue weighted by Crippen LogP contribution is -2.07. The minimum absolute atomic E-state index is 0.0190. The van der Waals surface area contributed by atoms with Crippen LogP contribution in [0.3, 0.4) is 0 Å². The first-order chi connectivity index (χ1) is 8.59. The highest BCUT2D eigenvalue weighted by Gasteiger charge is 2.17. The Bertz CT molecular complexity index is 611. The van der Waals surface area contributed by atoms with Crippen molar-refractivity contribution >= 4 is 17.3 Å². The fraction of sp³-hybridized carbons (Fsp3) is 0. The van der Waals surface area contributed by atoms with Crippen molar-refractivity contribution in [3.05, 3.63) is 63.8 Å². The van der Waals surface area contributed by atoms with Gasteiger partial charge >= 0.3 is 0 Å². The summed E-state index contributed by atoms with van der Waals surface area (Å²) in [5, 5.41) is 10.6. The topological polar surface area (TPSA) is 99.1 Å². The Morgan fingerprint density at radius 3 is 2.56 bits per heavy atom. The van der Waals surface area contributed by atoms with E-state index in [4.69, 9.17) is 5.73 Å². The van der Waals surface area contributed by atoms with E-state index in [-0.39, 0.29) is 22.9 Å². The van der Waals surface area contributed by atoms with Crippen molar-refractivity contribution < 1.29 is 9.72 Å². The maximum Gasteiger partial charge on any atom is 0.288 e. The van der Waals surface area contributed by atoms with E-state index in [1.54, 1.807) is 30.3 Å². The Kier molecular flexibility index (Phi) is 3.01. The van der Waals surface area contributed by atoms with E-state index in [1.165, 1.54) is 0 Å². The van der Waals surface area contributed by atoms with E-state index >= 15 is 0 Å². The fourth-order valence-electron chi connectivity index (χ4n) is 1.49. The lowest BCUT2D eigenvalue weighted by atomic mass is 10.0. The maximum atomic E-state index is 12.1. The zero-order chi connectivity index (χ0) is 13.1. The van der Waals surface area contributed by atoms with Crippen LogP contribution >= 0.6 is 0 Å². The molecule has 0 saturated heterocycles. The standard InChI is InChI=1S/C12H9N3O3/c13-12-10(6-9(7-14-12)15(17)18)11(16)8-4-2-1-3-5-8/h1-7H,(H2,13,14). The summed E-state index contributed by atoms with van der Waals surface area (Å²) in [7, 11) is 0. The van der Waals surface area contributed by atoms with Gasteiger partial charge in [0.2, 0.25) is 0 Å². The highest BCUT2D eigenvalue weighted by atomic mass is 16.6. The van der Waals surface area contributed by atoms with Crippen molar-refractivity contribution in [2.24, 2.45) is 0 Å². The first-order valence-electron chi connectivity index (χ1n) is 5.09. The van der Waals surface area contributed by atoms with Gasteiger partial charge in [-0.2, -0.15) is 0 Å². The normalized spacial score (nSPS) is 10.0. The predicted octanol–water partition coefficient (Wildman–Crippen LogP) is 1.80. The highest BCUT2D eigenvalue weighted by molar-refractivity contribution is 6.11. The van der Waals surface area contributed by atoms with Crippen LogP contribution in [-0.2, 0) is 0 Å². The lowest BCUT2D eigenvalue weighted by molar-refractivity contribution is -0.385. The Morgan fingerprint density at radius 1 is 1.28 bits per heavy atom. The number of pyridine rings is 1. The van der Waals surface area contributed by atoms with Crippen molar-refractivity contribution in [3.8, 4) is 0 Å². The summed E-state index contributed by atoms with van der Waals surface area (Å²) in [5.74, 6) is -0.404. The number of nitro groups is 1. The third-order valence-corrected chi connectivity index (χ3v) is 2.40. The minimum Gasteiger partial charge on any atom is -0.383 e. The molecule has 90 valence electrons. The molecule has 0 unspecified atom stereocenters. The van der Waals surface area contributed by atoms with Gasteiger partial charge in [-0.3, -0.25) is 14.9 Å². The number of rotatable bonds is 3. The van der Waals surface area contributed by atoms with Crippen LogP contribution in [0.5, 0.6) is 0 Å². The number of hydrogen-bond donors (Lipinski definition) is 1. The molecule has 6 nitrogen and oxygen atoms in total. The molecule has 0 atom stereocenters. The van der Waals surface area contributed by atoms with Crippen LogP contribution < -0.4 is 5.73 Å². The molecule has 0 radical (unpaired) electrons. The van der Waals surface area contributed by atoms with Gasteiger partial charge < -0.3 is 5.73 Å². The first kappa shape index (κ1) is 11.7. The van der Waals surface area contributed by atoms with E-state index in [2.05, 4.69) is 4.98 Å². The molecule has 2 aromatic rings. The van der Waals surface area contributed by atoms with Gasteiger partial charge in [-0.15, -0.1) is 0 Å². The average Bonchev–Trinajstić information content (AvgIpc) is 2.39. The van der Waals surface area contributed by atoms with Crippen molar-refractivity contribution in [3.63, 3.8) is 0 Å². The molecule has 0 spiro atoms. The summed E-state index contributed by atoms with van der Waals surface area (Å²) >= 11 is 0. The van der Waals surface area contributed by atoms with Gasteiger partial charge in [0.15, 0.2) is 5.78 Å². The summed E-state index contributed by atoms with van der Waals surface area (Å²) in [6.07, 6.45) is 1.02. The Hall–Kier alpha value is -2.76. The van der Waals surface area contributed by atoms with Crippen molar-refractivity contribution in [1.82, 2.24) is 4.98 Å². The van der Waals surface area contributed by atoms with Crippen LogP contribution in [0, 0.1) is 10.1 Å². The molecular weight excluding hydrogens is 234 g/mol. The van der Waals surface area contributed by atoms with Crippen LogP contribution in [0.1, 0.15) is 15.9 Å². The molecule has 0 saturated carbocycles. The fourth-order valence-corrected chi connectivity index (χ4v) is 1.49. The van der Waals surface area contributed by atoms with E-state index in [0.29, 0.717) is 5.56 Å². The van der Waals surface area contributed by atoms with Gasteiger partial charge in [0, 0.05) is 11.6 Å². The second-order valence-electron chi connectivity index (χ2n) is 3.58. The minimum atomic E-state index is -0.617. The Morgan fingerprint density at radius 2 is 1.94 bits per heavy atom. The van der Waals surface area contributed by atoms with Crippen LogP contribution in [0.15, 0.2) is 42.6 Å². The molecule has 18 heavy (non-hydrogen) atoms. The molecule has 6 heteroatoms. The van der Waals surface area contributed by atoms with Crippen molar-refractivity contribution in [2.45, 2.75) is 0 Å². The predicted molar refractivity (Wildman–Crippen MR) is 65.2 cm³/mol. The lowest BCUT2D eigenvalue weighted by Gasteiger charge is -2.03. The van der Waals surface area contributed by atoms with Gasteiger partial charge in [0.1, 0.15) is 12.0 Å². The number of benzene rings is 1. The van der Waals surface area contributed by atoms with Gasteiger partial charge in [0.05, 0.1) is 10.5 Å². The molecule has 1 heterocycles. The van der Waals surface area contributed by atoms with Crippen molar-refractivity contribution in [2.75, 3.05) is 5.73 Å². The molecule has 1 aromatic carbocycles. The number of aromatic nitrogens is 1. The third kappa shape index (κ3) is 2.17. The summed E-state index contributed by atoms with van der Waals surface area (Å²) in [4.78, 5) is 25.8. The molecule has 1 aromatic heterocycles. The molecule has 0 aliphatic heterocycles. The van der Waals surface area contributed by atoms with Crippen molar-refractivity contribution in [1.29, 1.82) is 0 Å². The second kappa shape index (κ2) is 4.62. The SMILES string of the molecule is Nc1ncc([N+](=O)[O-])cc1C(=O)c1ccccc1. The maximum absolute atomic E-state index is 12.1. The molecule has 2 N–H and O–H groups in total. The summed E-state index contributed by atoms with van der Waals surface area (Å²) in [6.45, 7) is 0. The van der Waals surface area contributed by atoms with E-state index in [0.717, 1.165) is 12.3 Å². The number of nitrogen functional groups attached to an aromatic ring is 1. The van der Waals surface area contributed by atoms with Crippen LogP contribution in [0.4, 0.5) is 11.5 Å². The smallest absolute Gasteiger partial charge is 0.288 e. The molecule has 2 rings (SSSR count). The second-order valence-corrected chi connectivity index (χ2v) is 3.58. The van der Waals surface area contributed by atoms with Crippen LogP contribution in [-0.4, -0.2) is 15.7 Å². The van der Waals surface area contributed by atoms with Gasteiger partial charge in [-0.05, 0) is 0 Å². The number of hydrogen-bond acceptors (Lipinski definition) is 5. The Balaban J connectivity index is 2.48. The molecule has 0 fully saturated rings. The molecule has 0 amide bonds. The zero-order valence-electron chi connectivity index (χ0n) is 9.24. The monoisotopic (exact) mass is 243 g/mol. The molecule has 0 aliphatic carbocycles. The van der Waals surface area contributed by atoms with E-state index in [9.17, 15) is 14.9 Å². The van der Waals surface area contributed by atoms with Gasteiger partial charge in [-0.25, -0.2) is 4.98 Å². The number of ketones is 1. The summed E-state index contributed by atoms with van der Waals surface area (Å²) in [6, 6.07) is 9.53. The summed E-state index contributed by atoms with van der Waals surface area (Å²) in [5.41, 5.74) is 5.76. The van der Waals surface area contributed by atoms with Crippen LogP contribution in [0.2, 0.25) is 0 Å².